The van der Waals surface area contributed by atoms with E-state index in [0.29, 0.717) is 0 Å². The van der Waals surface area contributed by atoms with Crippen LogP contribution in [0.15, 0.2) is 5.10 Å². The SMILES string of the molecule is CCCCCC1=NN(CCCCC)CC1CCCCC. The van der Waals surface area contributed by atoms with Crippen LogP contribution in [0.25, 0.3) is 0 Å². The lowest BCUT2D eigenvalue weighted by molar-refractivity contribution is 0.283. The Morgan fingerprint density at radius 1 is 0.900 bits per heavy atom. The fraction of sp³-hybridized carbons (Fsp3) is 0.944. The quantitative estimate of drug-likeness (QED) is 0.423. The van der Waals surface area contributed by atoms with Crippen LogP contribution in [0, 0.1) is 5.92 Å². The summed E-state index contributed by atoms with van der Waals surface area (Å²) in [5, 5.41) is 7.31. The van der Waals surface area contributed by atoms with Crippen molar-refractivity contribution in [2.75, 3.05) is 13.1 Å². The number of hydrogen-bond donors (Lipinski definition) is 0. The van der Waals surface area contributed by atoms with E-state index in [-0.39, 0.29) is 0 Å². The normalized spacial score (nSPS) is 18.6. The molecule has 1 rings (SSSR count). The molecular weight excluding hydrogens is 244 g/mol. The van der Waals surface area contributed by atoms with Gasteiger partial charge in [-0.15, -0.1) is 0 Å². The molecular formula is C18H36N2. The Balaban J connectivity index is 2.38. The van der Waals surface area contributed by atoms with E-state index in [1.165, 1.54) is 89.4 Å². The third kappa shape index (κ3) is 6.76. The second kappa shape index (κ2) is 11.2. The number of rotatable bonds is 12. The first-order valence-electron chi connectivity index (χ1n) is 9.14. The molecule has 0 saturated carbocycles. The Labute approximate surface area is 127 Å². The van der Waals surface area contributed by atoms with E-state index in [1.54, 1.807) is 0 Å². The van der Waals surface area contributed by atoms with Gasteiger partial charge in [0.1, 0.15) is 0 Å². The summed E-state index contributed by atoms with van der Waals surface area (Å²) in [6, 6.07) is 0. The van der Waals surface area contributed by atoms with Crippen LogP contribution >= 0.6 is 0 Å². The Hall–Kier alpha value is -0.530. The summed E-state index contributed by atoms with van der Waals surface area (Å²) in [6.07, 6.45) is 14.7. The van der Waals surface area contributed by atoms with Crippen molar-refractivity contribution >= 4 is 5.71 Å². The van der Waals surface area contributed by atoms with Crippen molar-refractivity contribution in [1.29, 1.82) is 0 Å². The molecule has 0 amide bonds. The third-order valence-corrected chi connectivity index (χ3v) is 4.38. The van der Waals surface area contributed by atoms with Gasteiger partial charge in [-0.05, 0) is 25.7 Å². The molecule has 0 aromatic carbocycles. The Morgan fingerprint density at radius 3 is 2.25 bits per heavy atom. The van der Waals surface area contributed by atoms with Crippen LogP contribution in [0.5, 0.6) is 0 Å². The highest BCUT2D eigenvalue weighted by molar-refractivity contribution is 5.88. The molecule has 1 unspecified atom stereocenters. The zero-order valence-electron chi connectivity index (χ0n) is 14.2. The van der Waals surface area contributed by atoms with Gasteiger partial charge in [-0.2, -0.15) is 5.10 Å². The molecule has 1 aliphatic heterocycles. The van der Waals surface area contributed by atoms with Crippen LogP contribution in [0.4, 0.5) is 0 Å². The minimum Gasteiger partial charge on any atom is -0.296 e. The molecule has 1 aliphatic rings. The van der Waals surface area contributed by atoms with Gasteiger partial charge in [-0.1, -0.05) is 65.7 Å². The fourth-order valence-electron chi connectivity index (χ4n) is 3.06. The maximum atomic E-state index is 4.94. The molecule has 0 spiro atoms. The second-order valence-electron chi connectivity index (χ2n) is 6.36. The molecule has 2 nitrogen and oxygen atoms in total. The van der Waals surface area contributed by atoms with Gasteiger partial charge in [0.2, 0.25) is 0 Å². The molecule has 1 atom stereocenters. The minimum atomic E-state index is 0.764. The monoisotopic (exact) mass is 280 g/mol. The van der Waals surface area contributed by atoms with Gasteiger partial charge in [0.25, 0.3) is 0 Å². The predicted molar refractivity (Wildman–Crippen MR) is 90.3 cm³/mol. The van der Waals surface area contributed by atoms with Gasteiger partial charge in [-0.3, -0.25) is 5.01 Å². The lowest BCUT2D eigenvalue weighted by Gasteiger charge is -2.16. The number of hydrogen-bond acceptors (Lipinski definition) is 2. The molecule has 0 N–H and O–H groups in total. The number of nitrogens with zero attached hydrogens (tertiary/aromatic N) is 2. The molecule has 1 heterocycles. The molecule has 0 aromatic heterocycles. The number of unbranched alkanes of at least 4 members (excludes halogenated alkanes) is 6. The fourth-order valence-corrected chi connectivity index (χ4v) is 3.06. The van der Waals surface area contributed by atoms with Crippen molar-refractivity contribution < 1.29 is 0 Å². The molecule has 0 bridgehead atoms. The molecule has 2 heteroatoms. The molecule has 0 aromatic rings. The molecule has 0 saturated heterocycles. The highest BCUT2D eigenvalue weighted by atomic mass is 15.5. The molecule has 0 fully saturated rings. The summed E-state index contributed by atoms with van der Waals surface area (Å²) in [5.74, 6) is 0.764. The molecule has 20 heavy (non-hydrogen) atoms. The minimum absolute atomic E-state index is 0.764. The average molecular weight is 280 g/mol. The molecule has 0 radical (unpaired) electrons. The van der Waals surface area contributed by atoms with Crippen LogP contribution < -0.4 is 0 Å². The van der Waals surface area contributed by atoms with Gasteiger partial charge >= 0.3 is 0 Å². The van der Waals surface area contributed by atoms with E-state index in [2.05, 4.69) is 25.8 Å². The molecule has 0 aliphatic carbocycles. The van der Waals surface area contributed by atoms with E-state index >= 15 is 0 Å². The third-order valence-electron chi connectivity index (χ3n) is 4.38. The highest BCUT2D eigenvalue weighted by Crippen LogP contribution is 2.23. The second-order valence-corrected chi connectivity index (χ2v) is 6.36. The largest absolute Gasteiger partial charge is 0.296 e. The van der Waals surface area contributed by atoms with Gasteiger partial charge < -0.3 is 0 Å². The highest BCUT2D eigenvalue weighted by Gasteiger charge is 2.25. The summed E-state index contributed by atoms with van der Waals surface area (Å²) in [4.78, 5) is 0. The average Bonchev–Trinajstić information content (AvgIpc) is 2.82. The summed E-state index contributed by atoms with van der Waals surface area (Å²) >= 11 is 0. The van der Waals surface area contributed by atoms with Crippen molar-refractivity contribution in [3.63, 3.8) is 0 Å². The van der Waals surface area contributed by atoms with E-state index in [4.69, 9.17) is 5.10 Å². The molecule has 118 valence electrons. The van der Waals surface area contributed by atoms with Crippen LogP contribution in [-0.2, 0) is 0 Å². The van der Waals surface area contributed by atoms with Crippen molar-refractivity contribution in [3.05, 3.63) is 0 Å². The van der Waals surface area contributed by atoms with Gasteiger partial charge in [0, 0.05) is 24.7 Å². The van der Waals surface area contributed by atoms with E-state index in [0.717, 1.165) is 5.92 Å². The van der Waals surface area contributed by atoms with Crippen LogP contribution in [0.2, 0.25) is 0 Å². The van der Waals surface area contributed by atoms with Crippen molar-refractivity contribution in [2.24, 2.45) is 11.0 Å². The maximum absolute atomic E-state index is 4.94. The zero-order valence-corrected chi connectivity index (χ0v) is 14.2. The van der Waals surface area contributed by atoms with Gasteiger partial charge in [0.15, 0.2) is 0 Å². The van der Waals surface area contributed by atoms with Crippen molar-refractivity contribution in [2.45, 2.75) is 91.4 Å². The van der Waals surface area contributed by atoms with E-state index in [1.807, 2.05) is 0 Å². The first-order valence-corrected chi connectivity index (χ1v) is 9.14. The van der Waals surface area contributed by atoms with E-state index in [9.17, 15) is 0 Å². The van der Waals surface area contributed by atoms with Gasteiger partial charge in [-0.25, -0.2) is 0 Å². The summed E-state index contributed by atoms with van der Waals surface area (Å²) in [5.41, 5.74) is 1.52. The Bertz CT molecular complexity index is 260. The smallest absolute Gasteiger partial charge is 0.0441 e. The standard InChI is InChI=1S/C18H36N2/c1-4-7-10-13-17-16-20(15-12-9-6-3)19-18(17)14-11-8-5-2/h17H,4-16H2,1-3H3. The zero-order chi connectivity index (χ0) is 14.6. The summed E-state index contributed by atoms with van der Waals surface area (Å²) in [6.45, 7) is 9.23. The van der Waals surface area contributed by atoms with Crippen molar-refractivity contribution in [1.82, 2.24) is 5.01 Å². The maximum Gasteiger partial charge on any atom is 0.0441 e. The Morgan fingerprint density at radius 2 is 1.55 bits per heavy atom. The van der Waals surface area contributed by atoms with Crippen LogP contribution in [0.1, 0.15) is 91.4 Å². The van der Waals surface area contributed by atoms with E-state index < -0.39 is 0 Å². The van der Waals surface area contributed by atoms with Gasteiger partial charge in [0.05, 0.1) is 0 Å². The summed E-state index contributed by atoms with van der Waals surface area (Å²) < 4.78 is 0. The lowest BCUT2D eigenvalue weighted by Crippen LogP contribution is -2.21. The number of hydrazone groups is 1. The van der Waals surface area contributed by atoms with Crippen LogP contribution in [0.3, 0.4) is 0 Å². The first-order chi connectivity index (χ1) is 9.81. The summed E-state index contributed by atoms with van der Waals surface area (Å²) in [7, 11) is 0. The topological polar surface area (TPSA) is 15.6 Å². The van der Waals surface area contributed by atoms with Crippen molar-refractivity contribution in [3.8, 4) is 0 Å². The Kier molecular flexibility index (Phi) is 9.78. The van der Waals surface area contributed by atoms with Crippen LogP contribution in [-0.4, -0.2) is 23.8 Å². The lowest BCUT2D eigenvalue weighted by atomic mass is 9.93. The first kappa shape index (κ1) is 17.5. The predicted octanol–water partition coefficient (Wildman–Crippen LogP) is 5.63.